The van der Waals surface area contributed by atoms with Crippen molar-refractivity contribution in [2.75, 3.05) is 21.1 Å². The second-order valence-corrected chi connectivity index (χ2v) is 6.98. The molecule has 2 aliphatic heterocycles. The van der Waals surface area contributed by atoms with Gasteiger partial charge in [-0.15, -0.1) is 0 Å². The zero-order chi connectivity index (χ0) is 15.1. The molecule has 3 nitrogen and oxygen atoms in total. The standard InChI is InChI=1S/C18H26N2O/c1-12-5-7-13(8-6-12)15-11-14-9-10-16(20(14)4)17(15)18(21)19(2)3/h5-8,14-17H,9-11H2,1-4H3. The summed E-state index contributed by atoms with van der Waals surface area (Å²) in [5.41, 5.74) is 2.62. The van der Waals surface area contributed by atoms with E-state index in [-0.39, 0.29) is 11.8 Å². The van der Waals surface area contributed by atoms with E-state index in [0.717, 1.165) is 12.8 Å². The summed E-state index contributed by atoms with van der Waals surface area (Å²) in [6.07, 6.45) is 3.51. The van der Waals surface area contributed by atoms with Crippen LogP contribution >= 0.6 is 0 Å². The molecule has 2 aliphatic rings. The van der Waals surface area contributed by atoms with Crippen molar-refractivity contribution in [2.45, 2.75) is 44.2 Å². The van der Waals surface area contributed by atoms with Crippen LogP contribution in [0.25, 0.3) is 0 Å². The number of piperidine rings is 1. The van der Waals surface area contributed by atoms with Gasteiger partial charge < -0.3 is 4.90 Å². The van der Waals surface area contributed by atoms with Gasteiger partial charge in [0, 0.05) is 26.2 Å². The molecule has 114 valence electrons. The van der Waals surface area contributed by atoms with Gasteiger partial charge in [0.2, 0.25) is 5.91 Å². The molecule has 0 saturated carbocycles. The molecule has 0 spiro atoms. The quantitative estimate of drug-likeness (QED) is 0.834. The number of rotatable bonds is 2. The number of amides is 1. The van der Waals surface area contributed by atoms with Gasteiger partial charge in [-0.25, -0.2) is 0 Å². The Kier molecular flexibility index (Phi) is 3.78. The lowest BCUT2D eigenvalue weighted by atomic mass is 9.75. The largest absolute Gasteiger partial charge is 0.349 e. The summed E-state index contributed by atoms with van der Waals surface area (Å²) in [5, 5.41) is 0. The molecule has 0 aromatic heterocycles. The van der Waals surface area contributed by atoms with Crippen LogP contribution in [-0.4, -0.2) is 48.9 Å². The summed E-state index contributed by atoms with van der Waals surface area (Å²) in [6.45, 7) is 2.12. The Bertz CT molecular complexity index is 523. The SMILES string of the molecule is Cc1ccc(C2CC3CCC(C2C(=O)N(C)C)N3C)cc1. The van der Waals surface area contributed by atoms with E-state index in [9.17, 15) is 4.79 Å². The Hall–Kier alpha value is -1.35. The van der Waals surface area contributed by atoms with E-state index in [0.29, 0.717) is 18.0 Å². The van der Waals surface area contributed by atoms with E-state index in [2.05, 4.69) is 43.1 Å². The number of carbonyl (C=O) groups is 1. The van der Waals surface area contributed by atoms with Gasteiger partial charge in [-0.2, -0.15) is 0 Å². The Morgan fingerprint density at radius 2 is 1.86 bits per heavy atom. The predicted octanol–water partition coefficient (Wildman–Crippen LogP) is 2.65. The average Bonchev–Trinajstić information content (AvgIpc) is 2.71. The highest BCUT2D eigenvalue weighted by atomic mass is 16.2. The van der Waals surface area contributed by atoms with Gasteiger partial charge in [0.15, 0.2) is 0 Å². The summed E-state index contributed by atoms with van der Waals surface area (Å²) < 4.78 is 0. The Balaban J connectivity index is 1.96. The first-order valence-electron chi connectivity index (χ1n) is 7.98. The van der Waals surface area contributed by atoms with Gasteiger partial charge in [-0.1, -0.05) is 29.8 Å². The van der Waals surface area contributed by atoms with Crippen LogP contribution in [0.2, 0.25) is 0 Å². The second-order valence-electron chi connectivity index (χ2n) is 6.98. The van der Waals surface area contributed by atoms with Crippen molar-refractivity contribution in [3.05, 3.63) is 35.4 Å². The first-order valence-corrected chi connectivity index (χ1v) is 7.98. The van der Waals surface area contributed by atoms with E-state index >= 15 is 0 Å². The van der Waals surface area contributed by atoms with Gasteiger partial charge in [0.25, 0.3) is 0 Å². The van der Waals surface area contributed by atoms with E-state index in [1.807, 2.05) is 14.1 Å². The summed E-state index contributed by atoms with van der Waals surface area (Å²) in [4.78, 5) is 17.0. The third-order valence-corrected chi connectivity index (χ3v) is 5.50. The minimum atomic E-state index is 0.103. The van der Waals surface area contributed by atoms with E-state index < -0.39 is 0 Å². The van der Waals surface area contributed by atoms with Crippen LogP contribution in [0.4, 0.5) is 0 Å². The van der Waals surface area contributed by atoms with Gasteiger partial charge in [0.1, 0.15) is 0 Å². The number of hydrogen-bond acceptors (Lipinski definition) is 2. The molecule has 1 aromatic carbocycles. The minimum absolute atomic E-state index is 0.103. The van der Waals surface area contributed by atoms with Gasteiger partial charge in [0.05, 0.1) is 5.92 Å². The lowest BCUT2D eigenvalue weighted by Gasteiger charge is -2.43. The van der Waals surface area contributed by atoms with Crippen LogP contribution in [-0.2, 0) is 4.79 Å². The van der Waals surface area contributed by atoms with Gasteiger partial charge in [-0.05, 0) is 44.7 Å². The maximum Gasteiger partial charge on any atom is 0.227 e. The molecular formula is C18H26N2O. The Labute approximate surface area is 127 Å². The first kappa shape index (κ1) is 14.6. The number of fused-ring (bicyclic) bond motifs is 2. The maximum absolute atomic E-state index is 12.8. The third kappa shape index (κ3) is 2.48. The van der Waals surface area contributed by atoms with Crippen LogP contribution in [0, 0.1) is 12.8 Å². The highest BCUT2D eigenvalue weighted by Gasteiger charge is 2.49. The summed E-state index contributed by atoms with van der Waals surface area (Å²) >= 11 is 0. The number of benzene rings is 1. The van der Waals surface area contributed by atoms with E-state index in [4.69, 9.17) is 0 Å². The second kappa shape index (κ2) is 5.45. The van der Waals surface area contributed by atoms with Crippen molar-refractivity contribution in [3.63, 3.8) is 0 Å². The van der Waals surface area contributed by atoms with Gasteiger partial charge in [-0.3, -0.25) is 9.69 Å². The van der Waals surface area contributed by atoms with Crippen molar-refractivity contribution >= 4 is 5.91 Å². The topological polar surface area (TPSA) is 23.6 Å². The molecule has 2 saturated heterocycles. The maximum atomic E-state index is 12.8. The van der Waals surface area contributed by atoms with Gasteiger partial charge >= 0.3 is 0 Å². The predicted molar refractivity (Wildman–Crippen MR) is 85.3 cm³/mol. The molecule has 2 fully saturated rings. The van der Waals surface area contributed by atoms with Crippen LogP contribution in [0.5, 0.6) is 0 Å². The number of nitrogens with zero attached hydrogens (tertiary/aromatic N) is 2. The monoisotopic (exact) mass is 286 g/mol. The molecule has 2 bridgehead atoms. The number of hydrogen-bond donors (Lipinski definition) is 0. The molecule has 3 heteroatoms. The fourth-order valence-corrected chi connectivity index (χ4v) is 4.26. The molecular weight excluding hydrogens is 260 g/mol. The minimum Gasteiger partial charge on any atom is -0.349 e. The lowest BCUT2D eigenvalue weighted by molar-refractivity contribution is -0.137. The smallest absolute Gasteiger partial charge is 0.227 e. The molecule has 0 N–H and O–H groups in total. The first-order chi connectivity index (χ1) is 9.99. The van der Waals surface area contributed by atoms with Crippen LogP contribution in [0.1, 0.15) is 36.3 Å². The molecule has 1 amide bonds. The van der Waals surface area contributed by atoms with E-state index in [1.165, 1.54) is 17.5 Å². The molecule has 21 heavy (non-hydrogen) atoms. The fourth-order valence-electron chi connectivity index (χ4n) is 4.26. The van der Waals surface area contributed by atoms with Crippen molar-refractivity contribution in [1.82, 2.24) is 9.80 Å². The third-order valence-electron chi connectivity index (χ3n) is 5.50. The van der Waals surface area contributed by atoms with Crippen molar-refractivity contribution in [2.24, 2.45) is 5.92 Å². The Morgan fingerprint density at radius 1 is 1.19 bits per heavy atom. The zero-order valence-electron chi connectivity index (χ0n) is 13.5. The highest BCUT2D eigenvalue weighted by Crippen LogP contribution is 2.46. The highest BCUT2D eigenvalue weighted by molar-refractivity contribution is 5.80. The van der Waals surface area contributed by atoms with Crippen molar-refractivity contribution < 1.29 is 4.79 Å². The zero-order valence-corrected chi connectivity index (χ0v) is 13.5. The summed E-state index contributed by atoms with van der Waals surface area (Å²) in [6, 6.07) is 9.85. The average molecular weight is 286 g/mol. The van der Waals surface area contributed by atoms with Crippen LogP contribution < -0.4 is 0 Å². The molecule has 2 heterocycles. The molecule has 3 rings (SSSR count). The summed E-state index contributed by atoms with van der Waals surface area (Å²) in [7, 11) is 5.97. The molecule has 1 aromatic rings. The normalized spacial score (nSPS) is 32.2. The molecule has 0 radical (unpaired) electrons. The van der Waals surface area contributed by atoms with Crippen LogP contribution in [0.15, 0.2) is 24.3 Å². The fraction of sp³-hybridized carbons (Fsp3) is 0.611. The number of carbonyl (C=O) groups excluding carboxylic acids is 1. The summed E-state index contributed by atoms with van der Waals surface area (Å²) in [5.74, 6) is 0.762. The van der Waals surface area contributed by atoms with Crippen molar-refractivity contribution in [1.29, 1.82) is 0 Å². The number of aryl methyl sites for hydroxylation is 1. The Morgan fingerprint density at radius 3 is 2.48 bits per heavy atom. The molecule has 0 aliphatic carbocycles. The lowest BCUT2D eigenvalue weighted by Crippen LogP contribution is -2.51. The molecule has 4 atom stereocenters. The van der Waals surface area contributed by atoms with Crippen LogP contribution in [0.3, 0.4) is 0 Å². The molecule has 4 unspecified atom stereocenters. The van der Waals surface area contributed by atoms with Crippen molar-refractivity contribution in [3.8, 4) is 0 Å². The van der Waals surface area contributed by atoms with E-state index in [1.54, 1.807) is 4.90 Å².